The van der Waals surface area contributed by atoms with Crippen LogP contribution in [-0.2, 0) is 17.8 Å². The first kappa shape index (κ1) is 14.3. The van der Waals surface area contributed by atoms with E-state index in [1.54, 1.807) is 18.4 Å². The molecule has 1 aromatic heterocycles. The molecule has 0 aromatic carbocycles. The Morgan fingerprint density at radius 1 is 1.37 bits per heavy atom. The molecule has 1 fully saturated rings. The number of nitriles is 1. The van der Waals surface area contributed by atoms with E-state index in [-0.39, 0.29) is 0 Å². The molecule has 0 unspecified atom stereocenters. The molecule has 0 spiro atoms. The van der Waals surface area contributed by atoms with E-state index < -0.39 is 0 Å². The fourth-order valence-electron chi connectivity index (χ4n) is 2.22. The van der Waals surface area contributed by atoms with Crippen LogP contribution >= 0.6 is 11.3 Å². The van der Waals surface area contributed by atoms with Gasteiger partial charge in [-0.05, 0) is 6.54 Å². The maximum absolute atomic E-state index is 8.87. The van der Waals surface area contributed by atoms with Crippen LogP contribution in [0.25, 0.3) is 0 Å². The van der Waals surface area contributed by atoms with Gasteiger partial charge in [-0.15, -0.1) is 11.3 Å². The molecule has 0 amide bonds. The van der Waals surface area contributed by atoms with E-state index in [0.717, 1.165) is 48.4 Å². The minimum absolute atomic E-state index is 0.422. The monoisotopic (exact) mass is 280 g/mol. The van der Waals surface area contributed by atoms with Crippen LogP contribution in [0.2, 0.25) is 0 Å². The molecular weight excluding hydrogens is 260 g/mol. The van der Waals surface area contributed by atoms with Gasteiger partial charge < -0.3 is 14.5 Å². The highest BCUT2D eigenvalue weighted by Gasteiger charge is 2.20. The number of anilines is 1. The lowest BCUT2D eigenvalue weighted by atomic mass is 10.3. The van der Waals surface area contributed by atoms with Gasteiger partial charge in [-0.1, -0.05) is 6.92 Å². The van der Waals surface area contributed by atoms with Crippen molar-refractivity contribution in [3.8, 4) is 6.07 Å². The van der Waals surface area contributed by atoms with E-state index in [1.807, 2.05) is 0 Å². The van der Waals surface area contributed by atoms with E-state index in [1.165, 1.54) is 0 Å². The third-order valence-corrected chi connectivity index (χ3v) is 4.54. The van der Waals surface area contributed by atoms with Crippen molar-refractivity contribution in [2.45, 2.75) is 20.0 Å². The van der Waals surface area contributed by atoms with Crippen LogP contribution < -0.4 is 4.90 Å². The zero-order valence-electron chi connectivity index (χ0n) is 11.6. The Morgan fingerprint density at radius 2 is 2.11 bits per heavy atom. The lowest BCUT2D eigenvalue weighted by molar-refractivity contribution is 0.181. The standard InChI is InChI=1S/C13H20N4OS/c1-3-16-6-8-17(9-7-16)13-15-11(10-18-2)12(19-13)4-5-14/h3-4,6-10H2,1-2H3. The van der Waals surface area contributed by atoms with Gasteiger partial charge in [-0.3, -0.25) is 0 Å². The molecule has 2 heterocycles. The van der Waals surface area contributed by atoms with Crippen molar-refractivity contribution in [3.63, 3.8) is 0 Å². The smallest absolute Gasteiger partial charge is 0.185 e. The summed E-state index contributed by atoms with van der Waals surface area (Å²) in [5, 5.41) is 9.90. The summed E-state index contributed by atoms with van der Waals surface area (Å²) in [4.78, 5) is 10.4. The Balaban J connectivity index is 2.08. The van der Waals surface area contributed by atoms with Gasteiger partial charge in [-0.25, -0.2) is 4.98 Å². The summed E-state index contributed by atoms with van der Waals surface area (Å²) in [6, 6.07) is 2.20. The van der Waals surface area contributed by atoms with Crippen molar-refractivity contribution in [1.29, 1.82) is 5.26 Å². The van der Waals surface area contributed by atoms with Crippen LogP contribution in [0.1, 0.15) is 17.5 Å². The minimum Gasteiger partial charge on any atom is -0.378 e. The van der Waals surface area contributed by atoms with Gasteiger partial charge >= 0.3 is 0 Å². The number of piperazine rings is 1. The average Bonchev–Trinajstić information content (AvgIpc) is 2.83. The van der Waals surface area contributed by atoms with Crippen LogP contribution in [0.3, 0.4) is 0 Å². The molecule has 6 heteroatoms. The zero-order chi connectivity index (χ0) is 13.7. The van der Waals surface area contributed by atoms with E-state index in [9.17, 15) is 0 Å². The van der Waals surface area contributed by atoms with Crippen molar-refractivity contribution in [2.24, 2.45) is 0 Å². The number of rotatable bonds is 5. The Labute approximate surface area is 118 Å². The second-order valence-corrected chi connectivity index (χ2v) is 5.62. The average molecular weight is 280 g/mol. The van der Waals surface area contributed by atoms with Crippen molar-refractivity contribution >= 4 is 16.5 Å². The summed E-state index contributed by atoms with van der Waals surface area (Å²) in [5.74, 6) is 0. The lowest BCUT2D eigenvalue weighted by Gasteiger charge is -2.33. The summed E-state index contributed by atoms with van der Waals surface area (Å²) in [5.41, 5.74) is 0.918. The summed E-state index contributed by atoms with van der Waals surface area (Å²) in [7, 11) is 1.66. The Hall–Kier alpha value is -1.16. The van der Waals surface area contributed by atoms with Gasteiger partial charge in [0.25, 0.3) is 0 Å². The van der Waals surface area contributed by atoms with Gasteiger partial charge in [0, 0.05) is 38.2 Å². The van der Waals surface area contributed by atoms with Gasteiger partial charge in [0.1, 0.15) is 0 Å². The Kier molecular flexibility index (Phi) is 5.14. The molecule has 2 rings (SSSR count). The fourth-order valence-corrected chi connectivity index (χ4v) is 3.27. The van der Waals surface area contributed by atoms with Crippen molar-refractivity contribution < 1.29 is 4.74 Å². The number of aromatic nitrogens is 1. The minimum atomic E-state index is 0.422. The predicted octanol–water partition coefficient (Wildman–Crippen LogP) is 1.50. The number of nitrogens with zero attached hydrogens (tertiary/aromatic N) is 4. The quantitative estimate of drug-likeness (QED) is 0.818. The summed E-state index contributed by atoms with van der Waals surface area (Å²) < 4.78 is 5.16. The first-order valence-electron chi connectivity index (χ1n) is 6.60. The number of likely N-dealkylation sites (N-methyl/N-ethyl adjacent to an activating group) is 1. The molecule has 0 atom stereocenters. The predicted molar refractivity (Wildman–Crippen MR) is 76.5 cm³/mol. The molecule has 0 saturated carbocycles. The molecule has 0 bridgehead atoms. The largest absolute Gasteiger partial charge is 0.378 e. The van der Waals surface area contributed by atoms with Crippen LogP contribution in [0.15, 0.2) is 0 Å². The molecule has 1 saturated heterocycles. The topological polar surface area (TPSA) is 52.4 Å². The number of ether oxygens (including phenoxy) is 1. The molecule has 0 radical (unpaired) electrons. The van der Waals surface area contributed by atoms with E-state index in [0.29, 0.717) is 13.0 Å². The SMILES string of the molecule is CCN1CCN(c2nc(COC)c(CC#N)s2)CC1. The number of thiazole rings is 1. The molecule has 19 heavy (non-hydrogen) atoms. The third kappa shape index (κ3) is 3.44. The summed E-state index contributed by atoms with van der Waals surface area (Å²) >= 11 is 1.63. The van der Waals surface area contributed by atoms with Gasteiger partial charge in [0.05, 0.1) is 24.8 Å². The van der Waals surface area contributed by atoms with Crippen molar-refractivity contribution in [1.82, 2.24) is 9.88 Å². The van der Waals surface area contributed by atoms with E-state index >= 15 is 0 Å². The maximum atomic E-state index is 8.87. The molecule has 104 valence electrons. The highest BCUT2D eigenvalue weighted by molar-refractivity contribution is 7.15. The zero-order valence-corrected chi connectivity index (χ0v) is 12.4. The normalized spacial score (nSPS) is 16.6. The molecule has 1 aromatic rings. The highest BCUT2D eigenvalue weighted by atomic mass is 32.1. The molecule has 0 N–H and O–H groups in total. The van der Waals surface area contributed by atoms with Crippen molar-refractivity contribution in [3.05, 3.63) is 10.6 Å². The number of hydrogen-bond donors (Lipinski definition) is 0. The number of hydrogen-bond acceptors (Lipinski definition) is 6. The summed E-state index contributed by atoms with van der Waals surface area (Å²) in [6.45, 7) is 8.00. The highest BCUT2D eigenvalue weighted by Crippen LogP contribution is 2.28. The van der Waals surface area contributed by atoms with Gasteiger partial charge in [-0.2, -0.15) is 5.26 Å². The Bertz CT molecular complexity index is 446. The van der Waals surface area contributed by atoms with Crippen LogP contribution in [-0.4, -0.2) is 49.7 Å². The molecule has 0 aliphatic carbocycles. The van der Waals surface area contributed by atoms with Crippen molar-refractivity contribution in [2.75, 3.05) is 44.7 Å². The van der Waals surface area contributed by atoms with Crippen LogP contribution in [0.4, 0.5) is 5.13 Å². The molecule has 1 aliphatic rings. The first-order chi connectivity index (χ1) is 9.28. The van der Waals surface area contributed by atoms with E-state index in [4.69, 9.17) is 10.00 Å². The number of methoxy groups -OCH3 is 1. The third-order valence-electron chi connectivity index (χ3n) is 3.38. The lowest BCUT2D eigenvalue weighted by Crippen LogP contribution is -2.46. The second-order valence-electron chi connectivity index (χ2n) is 4.56. The summed E-state index contributed by atoms with van der Waals surface area (Å²) in [6.07, 6.45) is 0.422. The first-order valence-corrected chi connectivity index (χ1v) is 7.42. The second kappa shape index (κ2) is 6.85. The molecule has 1 aliphatic heterocycles. The molecular formula is C13H20N4OS. The maximum Gasteiger partial charge on any atom is 0.185 e. The Morgan fingerprint density at radius 3 is 2.68 bits per heavy atom. The molecule has 5 nitrogen and oxygen atoms in total. The van der Waals surface area contributed by atoms with Crippen LogP contribution in [0, 0.1) is 11.3 Å². The van der Waals surface area contributed by atoms with Gasteiger partial charge in [0.2, 0.25) is 0 Å². The van der Waals surface area contributed by atoms with E-state index in [2.05, 4.69) is 27.8 Å². The fraction of sp³-hybridized carbons (Fsp3) is 0.692. The van der Waals surface area contributed by atoms with Gasteiger partial charge in [0.15, 0.2) is 5.13 Å². The van der Waals surface area contributed by atoms with Crippen LogP contribution in [0.5, 0.6) is 0 Å².